The molecule has 0 N–H and O–H groups in total. The fraction of sp³-hybridized carbons (Fsp3) is 0.833. The smallest absolute Gasteiger partial charge is 0.0203 e. The molecule has 0 saturated heterocycles. The van der Waals surface area contributed by atoms with Gasteiger partial charge in [-0.2, -0.15) is 0 Å². The van der Waals surface area contributed by atoms with Crippen LogP contribution in [0.25, 0.3) is 0 Å². The lowest BCUT2D eigenvalue weighted by Crippen LogP contribution is -1.99. The van der Waals surface area contributed by atoms with Crippen LogP contribution in [0, 0.1) is 11.3 Å². The predicted molar refractivity (Wildman–Crippen MR) is 55.2 cm³/mol. The first-order valence-electron chi connectivity index (χ1n) is 5.26. The highest BCUT2D eigenvalue weighted by molar-refractivity contribution is 4.93. The lowest BCUT2D eigenvalue weighted by Gasteiger charge is -2.12. The summed E-state index contributed by atoms with van der Waals surface area (Å²) in [6.07, 6.45) is 11.9. The van der Waals surface area contributed by atoms with Crippen LogP contribution in [-0.2, 0) is 0 Å². The van der Waals surface area contributed by atoms with Crippen LogP contribution < -0.4 is 0 Å². The molecule has 1 fully saturated rings. The predicted octanol–water partition coefficient (Wildman–Crippen LogP) is 4.17. The molecule has 0 aromatic carbocycles. The molecule has 0 spiro atoms. The third kappa shape index (κ3) is 3.94. The molecule has 12 heavy (non-hydrogen) atoms. The highest BCUT2D eigenvalue weighted by atomic mass is 14.2. The maximum absolute atomic E-state index is 2.38. The molecule has 70 valence electrons. The zero-order valence-electron chi connectivity index (χ0n) is 8.77. The third-order valence-electron chi connectivity index (χ3n) is 2.56. The Kier molecular flexibility index (Phi) is 3.37. The summed E-state index contributed by atoms with van der Waals surface area (Å²) in [5.74, 6) is 1.00. The van der Waals surface area contributed by atoms with E-state index >= 15 is 0 Å². The van der Waals surface area contributed by atoms with Gasteiger partial charge < -0.3 is 0 Å². The van der Waals surface area contributed by atoms with Gasteiger partial charge in [-0.15, -0.1) is 0 Å². The molecule has 0 amide bonds. The van der Waals surface area contributed by atoms with Crippen LogP contribution in [-0.4, -0.2) is 0 Å². The van der Waals surface area contributed by atoms with Gasteiger partial charge in [-0.1, -0.05) is 58.6 Å². The van der Waals surface area contributed by atoms with Crippen molar-refractivity contribution in [3.05, 3.63) is 12.2 Å². The highest BCUT2D eigenvalue weighted by Crippen LogP contribution is 2.28. The molecule has 0 nitrogen and oxygen atoms in total. The molecule has 1 saturated carbocycles. The topological polar surface area (TPSA) is 0 Å². The summed E-state index contributed by atoms with van der Waals surface area (Å²) in [5, 5.41) is 0. The van der Waals surface area contributed by atoms with E-state index in [1.165, 1.54) is 32.1 Å². The zero-order valence-corrected chi connectivity index (χ0v) is 8.77. The van der Waals surface area contributed by atoms with E-state index in [1.807, 2.05) is 0 Å². The summed E-state index contributed by atoms with van der Waals surface area (Å²) in [6, 6.07) is 0. The molecule has 0 bridgehead atoms. The lowest BCUT2D eigenvalue weighted by atomic mass is 9.94. The van der Waals surface area contributed by atoms with E-state index in [0.717, 1.165) is 5.92 Å². The Labute approximate surface area is 77.1 Å². The van der Waals surface area contributed by atoms with Crippen molar-refractivity contribution < 1.29 is 0 Å². The molecule has 1 rings (SSSR count). The van der Waals surface area contributed by atoms with E-state index < -0.39 is 0 Å². The molecule has 0 radical (unpaired) electrons. The van der Waals surface area contributed by atoms with Gasteiger partial charge in [-0.3, -0.25) is 0 Å². The average molecular weight is 166 g/mol. The number of allylic oxidation sites excluding steroid dienone is 2. The Morgan fingerprint density at radius 1 is 1.17 bits per heavy atom. The SMILES string of the molecule is CC(C)(C)/C=C/CC1CCCC1. The van der Waals surface area contributed by atoms with Gasteiger partial charge in [-0.05, 0) is 17.8 Å². The van der Waals surface area contributed by atoms with Crippen LogP contribution in [0.2, 0.25) is 0 Å². The van der Waals surface area contributed by atoms with Gasteiger partial charge in [0.1, 0.15) is 0 Å². The average Bonchev–Trinajstić information content (AvgIpc) is 2.36. The largest absolute Gasteiger partial charge is 0.0877 e. The number of hydrogen-bond donors (Lipinski definition) is 0. The monoisotopic (exact) mass is 166 g/mol. The first kappa shape index (κ1) is 9.83. The van der Waals surface area contributed by atoms with Gasteiger partial charge in [0.2, 0.25) is 0 Å². The molecule has 0 aliphatic heterocycles. The fourth-order valence-electron chi connectivity index (χ4n) is 1.86. The molecule has 0 atom stereocenters. The first-order chi connectivity index (χ1) is 5.58. The van der Waals surface area contributed by atoms with Crippen molar-refractivity contribution in [1.82, 2.24) is 0 Å². The standard InChI is InChI=1S/C12H22/c1-12(2,3)10-6-9-11-7-4-5-8-11/h6,10-11H,4-5,7-9H2,1-3H3/b10-6+. The van der Waals surface area contributed by atoms with Crippen molar-refractivity contribution in [2.45, 2.75) is 52.9 Å². The maximum atomic E-state index is 2.38. The summed E-state index contributed by atoms with van der Waals surface area (Å²) < 4.78 is 0. The van der Waals surface area contributed by atoms with Gasteiger partial charge in [0.25, 0.3) is 0 Å². The van der Waals surface area contributed by atoms with Gasteiger partial charge in [-0.25, -0.2) is 0 Å². The second kappa shape index (κ2) is 4.11. The Balaban J connectivity index is 2.20. The van der Waals surface area contributed by atoms with Crippen molar-refractivity contribution >= 4 is 0 Å². The minimum absolute atomic E-state index is 0.374. The second-order valence-electron chi connectivity index (χ2n) is 5.15. The first-order valence-corrected chi connectivity index (χ1v) is 5.26. The molecular formula is C12H22. The van der Waals surface area contributed by atoms with Crippen LogP contribution in [0.3, 0.4) is 0 Å². The van der Waals surface area contributed by atoms with Crippen LogP contribution in [0.1, 0.15) is 52.9 Å². The Morgan fingerprint density at radius 2 is 1.75 bits per heavy atom. The van der Waals surface area contributed by atoms with E-state index in [4.69, 9.17) is 0 Å². The molecule has 1 aliphatic carbocycles. The van der Waals surface area contributed by atoms with Crippen molar-refractivity contribution in [1.29, 1.82) is 0 Å². The fourth-order valence-corrected chi connectivity index (χ4v) is 1.86. The zero-order chi connectivity index (χ0) is 9.03. The molecule has 0 aromatic rings. The van der Waals surface area contributed by atoms with E-state index in [1.54, 1.807) is 0 Å². The van der Waals surface area contributed by atoms with E-state index in [0.29, 0.717) is 5.41 Å². The Bertz CT molecular complexity index is 142. The van der Waals surface area contributed by atoms with Crippen LogP contribution in [0.15, 0.2) is 12.2 Å². The molecule has 1 aliphatic rings. The summed E-state index contributed by atoms with van der Waals surface area (Å²) >= 11 is 0. The van der Waals surface area contributed by atoms with Gasteiger partial charge in [0.15, 0.2) is 0 Å². The molecule has 0 heteroatoms. The van der Waals surface area contributed by atoms with Crippen molar-refractivity contribution in [3.8, 4) is 0 Å². The quantitative estimate of drug-likeness (QED) is 0.540. The Hall–Kier alpha value is -0.260. The molecule has 0 unspecified atom stereocenters. The van der Waals surface area contributed by atoms with Crippen molar-refractivity contribution in [2.24, 2.45) is 11.3 Å². The molecule has 0 aromatic heterocycles. The van der Waals surface area contributed by atoms with Crippen molar-refractivity contribution in [3.63, 3.8) is 0 Å². The van der Waals surface area contributed by atoms with Crippen LogP contribution in [0.5, 0.6) is 0 Å². The van der Waals surface area contributed by atoms with E-state index in [2.05, 4.69) is 32.9 Å². The lowest BCUT2D eigenvalue weighted by molar-refractivity contribution is 0.525. The summed E-state index contributed by atoms with van der Waals surface area (Å²) in [6.45, 7) is 6.79. The van der Waals surface area contributed by atoms with Crippen molar-refractivity contribution in [2.75, 3.05) is 0 Å². The minimum Gasteiger partial charge on any atom is -0.0877 e. The van der Waals surface area contributed by atoms with Crippen LogP contribution >= 0.6 is 0 Å². The number of rotatable bonds is 2. The summed E-state index contributed by atoms with van der Waals surface area (Å²) in [7, 11) is 0. The molecular weight excluding hydrogens is 144 g/mol. The normalized spacial score (nSPS) is 20.9. The van der Waals surface area contributed by atoms with Gasteiger partial charge in [0, 0.05) is 0 Å². The van der Waals surface area contributed by atoms with Crippen LogP contribution in [0.4, 0.5) is 0 Å². The third-order valence-corrected chi connectivity index (χ3v) is 2.56. The Morgan fingerprint density at radius 3 is 2.25 bits per heavy atom. The number of hydrogen-bond acceptors (Lipinski definition) is 0. The van der Waals surface area contributed by atoms with E-state index in [9.17, 15) is 0 Å². The molecule has 0 heterocycles. The maximum Gasteiger partial charge on any atom is -0.0203 e. The van der Waals surface area contributed by atoms with E-state index in [-0.39, 0.29) is 0 Å². The summed E-state index contributed by atoms with van der Waals surface area (Å²) in [4.78, 5) is 0. The van der Waals surface area contributed by atoms with Gasteiger partial charge >= 0.3 is 0 Å². The minimum atomic E-state index is 0.374. The summed E-state index contributed by atoms with van der Waals surface area (Å²) in [5.41, 5.74) is 0.374. The second-order valence-corrected chi connectivity index (χ2v) is 5.15. The highest BCUT2D eigenvalue weighted by Gasteiger charge is 2.13. The van der Waals surface area contributed by atoms with Gasteiger partial charge in [0.05, 0.1) is 0 Å².